The summed E-state index contributed by atoms with van der Waals surface area (Å²) in [5.74, 6) is -1.06. The van der Waals surface area contributed by atoms with Gasteiger partial charge in [-0.2, -0.15) is 4.31 Å². The number of aryl methyl sites for hydroxylation is 1. The molecule has 2 aromatic rings. The number of anilines is 1. The maximum absolute atomic E-state index is 12.4. The van der Waals surface area contributed by atoms with E-state index in [1.807, 2.05) is 6.92 Å². The maximum Gasteiger partial charge on any atom is 0.348 e. The van der Waals surface area contributed by atoms with Gasteiger partial charge >= 0.3 is 5.97 Å². The normalized spacial score (nSPS) is 11.4. The fourth-order valence-electron chi connectivity index (χ4n) is 2.37. The summed E-state index contributed by atoms with van der Waals surface area (Å²) in [6.07, 6.45) is 0. The molecule has 0 aliphatic heterocycles. The first-order valence-electron chi connectivity index (χ1n) is 8.41. The number of rotatable bonds is 8. The number of benzene rings is 1. The van der Waals surface area contributed by atoms with Crippen molar-refractivity contribution in [3.8, 4) is 0 Å². The van der Waals surface area contributed by atoms with Crippen LogP contribution in [0.3, 0.4) is 0 Å². The van der Waals surface area contributed by atoms with Crippen LogP contribution in [0.4, 0.5) is 5.69 Å². The van der Waals surface area contributed by atoms with Crippen molar-refractivity contribution >= 4 is 38.9 Å². The quantitative estimate of drug-likeness (QED) is 0.676. The number of nitrogens with zero attached hydrogens (tertiary/aromatic N) is 1. The van der Waals surface area contributed by atoms with Gasteiger partial charge in [-0.3, -0.25) is 4.79 Å². The van der Waals surface area contributed by atoms with Crippen LogP contribution in [0.5, 0.6) is 0 Å². The van der Waals surface area contributed by atoms with E-state index in [0.717, 1.165) is 4.88 Å². The highest BCUT2D eigenvalue weighted by molar-refractivity contribution is 7.89. The largest absolute Gasteiger partial charge is 0.451 e. The fourth-order valence-corrected chi connectivity index (χ4v) is 4.59. The predicted octanol–water partition coefficient (Wildman–Crippen LogP) is 2.88. The van der Waals surface area contributed by atoms with Gasteiger partial charge in [0.15, 0.2) is 6.61 Å². The smallest absolute Gasteiger partial charge is 0.348 e. The van der Waals surface area contributed by atoms with Crippen LogP contribution in [-0.2, 0) is 19.6 Å². The summed E-state index contributed by atoms with van der Waals surface area (Å²) in [7, 11) is -3.54. The second kappa shape index (κ2) is 9.12. The lowest BCUT2D eigenvalue weighted by Gasteiger charge is -2.18. The Balaban J connectivity index is 1.94. The monoisotopic (exact) mass is 410 g/mol. The highest BCUT2D eigenvalue weighted by atomic mass is 32.2. The lowest BCUT2D eigenvalue weighted by atomic mass is 10.3. The summed E-state index contributed by atoms with van der Waals surface area (Å²) in [5, 5.41) is 2.57. The molecule has 1 N–H and O–H groups in total. The van der Waals surface area contributed by atoms with Gasteiger partial charge in [-0.25, -0.2) is 13.2 Å². The Morgan fingerprint density at radius 2 is 1.70 bits per heavy atom. The van der Waals surface area contributed by atoms with E-state index in [-0.39, 0.29) is 4.90 Å². The van der Waals surface area contributed by atoms with Crippen LogP contribution in [0.1, 0.15) is 28.4 Å². The molecule has 9 heteroatoms. The number of esters is 1. The number of thiophene rings is 1. The molecule has 1 heterocycles. The van der Waals surface area contributed by atoms with Crippen molar-refractivity contribution in [3.05, 3.63) is 46.2 Å². The number of ether oxygens (including phenoxy) is 1. The van der Waals surface area contributed by atoms with E-state index in [9.17, 15) is 18.0 Å². The molecule has 0 unspecified atom stereocenters. The van der Waals surface area contributed by atoms with Crippen molar-refractivity contribution in [2.75, 3.05) is 25.0 Å². The van der Waals surface area contributed by atoms with Gasteiger partial charge in [0, 0.05) is 23.7 Å². The van der Waals surface area contributed by atoms with Gasteiger partial charge in [0.25, 0.3) is 5.91 Å². The predicted molar refractivity (Wildman–Crippen MR) is 105 cm³/mol. The van der Waals surface area contributed by atoms with E-state index in [1.54, 1.807) is 26.0 Å². The molecule has 0 radical (unpaired) electrons. The van der Waals surface area contributed by atoms with Crippen LogP contribution in [0.2, 0.25) is 0 Å². The molecule has 0 fully saturated rings. The Hall–Kier alpha value is -2.23. The van der Waals surface area contributed by atoms with E-state index in [2.05, 4.69) is 5.32 Å². The third kappa shape index (κ3) is 5.38. The van der Waals surface area contributed by atoms with E-state index in [0.29, 0.717) is 23.7 Å². The minimum atomic E-state index is -3.54. The minimum absolute atomic E-state index is 0.156. The average molecular weight is 411 g/mol. The lowest BCUT2D eigenvalue weighted by molar-refractivity contribution is -0.119. The first-order chi connectivity index (χ1) is 12.8. The highest BCUT2D eigenvalue weighted by Gasteiger charge is 2.21. The number of carbonyl (C=O) groups is 2. The molecule has 0 atom stereocenters. The second-order valence-electron chi connectivity index (χ2n) is 5.65. The zero-order chi connectivity index (χ0) is 20.0. The van der Waals surface area contributed by atoms with Crippen LogP contribution in [-0.4, -0.2) is 44.3 Å². The van der Waals surface area contributed by atoms with Crippen molar-refractivity contribution in [2.24, 2.45) is 0 Å². The molecule has 0 spiro atoms. The minimum Gasteiger partial charge on any atom is -0.451 e. The summed E-state index contributed by atoms with van der Waals surface area (Å²) < 4.78 is 31.2. The molecule has 0 aliphatic carbocycles. The second-order valence-corrected chi connectivity index (χ2v) is 8.87. The van der Waals surface area contributed by atoms with Gasteiger partial charge < -0.3 is 10.1 Å². The van der Waals surface area contributed by atoms with E-state index in [4.69, 9.17) is 4.74 Å². The molecule has 2 rings (SSSR count). The summed E-state index contributed by atoms with van der Waals surface area (Å²) >= 11 is 1.29. The first-order valence-corrected chi connectivity index (χ1v) is 10.7. The van der Waals surface area contributed by atoms with Crippen LogP contribution in [0.25, 0.3) is 0 Å². The maximum atomic E-state index is 12.4. The summed E-state index contributed by atoms with van der Waals surface area (Å²) in [4.78, 5) is 25.3. The number of sulfonamides is 1. The lowest BCUT2D eigenvalue weighted by Crippen LogP contribution is -2.30. The van der Waals surface area contributed by atoms with Crippen molar-refractivity contribution in [2.45, 2.75) is 25.7 Å². The Bertz CT molecular complexity index is 900. The number of hydrogen-bond acceptors (Lipinski definition) is 6. The molecular weight excluding hydrogens is 388 g/mol. The van der Waals surface area contributed by atoms with Gasteiger partial charge in [-0.1, -0.05) is 13.8 Å². The molecule has 0 bridgehead atoms. The van der Waals surface area contributed by atoms with Gasteiger partial charge in [0.1, 0.15) is 4.88 Å². The molecule has 0 saturated carbocycles. The van der Waals surface area contributed by atoms with Gasteiger partial charge in [0.05, 0.1) is 4.90 Å². The van der Waals surface area contributed by atoms with Crippen molar-refractivity contribution in [1.82, 2.24) is 4.31 Å². The Morgan fingerprint density at radius 1 is 1.07 bits per heavy atom. The number of carbonyl (C=O) groups excluding carboxylic acids is 2. The Labute approximate surface area is 163 Å². The van der Waals surface area contributed by atoms with Crippen molar-refractivity contribution in [3.63, 3.8) is 0 Å². The van der Waals surface area contributed by atoms with Crippen LogP contribution >= 0.6 is 11.3 Å². The third-order valence-corrected chi connectivity index (χ3v) is 6.80. The van der Waals surface area contributed by atoms with E-state index < -0.39 is 28.5 Å². The molecule has 1 aromatic heterocycles. The van der Waals surface area contributed by atoms with Crippen LogP contribution in [0.15, 0.2) is 41.3 Å². The van der Waals surface area contributed by atoms with Gasteiger partial charge in [-0.15, -0.1) is 11.3 Å². The summed E-state index contributed by atoms with van der Waals surface area (Å²) in [6.45, 7) is 5.76. The standard InChI is InChI=1S/C18H22N2O5S2/c1-4-20(5-2)27(23,24)15-9-7-14(8-10-15)19-17(21)12-25-18(22)16-11-6-13(3)26-16/h6-11H,4-5,12H2,1-3H3,(H,19,21). The topological polar surface area (TPSA) is 92.8 Å². The number of amides is 1. The van der Waals surface area contributed by atoms with Crippen LogP contribution < -0.4 is 5.32 Å². The summed E-state index contributed by atoms with van der Waals surface area (Å²) in [6, 6.07) is 9.31. The molecule has 1 aromatic carbocycles. The van der Waals surface area contributed by atoms with Gasteiger partial charge in [-0.05, 0) is 43.3 Å². The first kappa shape index (κ1) is 21.1. The van der Waals surface area contributed by atoms with Crippen molar-refractivity contribution in [1.29, 1.82) is 0 Å². The number of hydrogen-bond donors (Lipinski definition) is 1. The van der Waals surface area contributed by atoms with Crippen LogP contribution in [0, 0.1) is 6.92 Å². The highest BCUT2D eigenvalue weighted by Crippen LogP contribution is 2.19. The molecule has 1 amide bonds. The molecule has 0 saturated heterocycles. The van der Waals surface area contributed by atoms with E-state index >= 15 is 0 Å². The Morgan fingerprint density at radius 3 is 2.22 bits per heavy atom. The van der Waals surface area contributed by atoms with Gasteiger partial charge in [0.2, 0.25) is 10.0 Å². The molecular formula is C18H22N2O5S2. The molecule has 0 aliphatic rings. The molecule has 27 heavy (non-hydrogen) atoms. The molecule has 146 valence electrons. The number of nitrogens with one attached hydrogen (secondary N) is 1. The SMILES string of the molecule is CCN(CC)S(=O)(=O)c1ccc(NC(=O)COC(=O)c2ccc(C)s2)cc1. The summed E-state index contributed by atoms with van der Waals surface area (Å²) in [5.41, 5.74) is 0.418. The zero-order valence-corrected chi connectivity index (χ0v) is 17.0. The van der Waals surface area contributed by atoms with E-state index in [1.165, 1.54) is 39.9 Å². The Kier molecular flexibility index (Phi) is 7.11. The molecule has 7 nitrogen and oxygen atoms in total. The fraction of sp³-hybridized carbons (Fsp3) is 0.333. The van der Waals surface area contributed by atoms with Crippen molar-refractivity contribution < 1.29 is 22.7 Å². The average Bonchev–Trinajstić information content (AvgIpc) is 3.07. The third-order valence-electron chi connectivity index (χ3n) is 3.76. The zero-order valence-electron chi connectivity index (χ0n) is 15.4.